The molecule has 3 heterocycles. The number of amides is 1. The Hall–Kier alpha value is -2.15. The van der Waals surface area contributed by atoms with Gasteiger partial charge in [-0.1, -0.05) is 6.07 Å². The molecule has 2 aromatic rings. The average molecular weight is 317 g/mol. The van der Waals surface area contributed by atoms with Crippen LogP contribution in [0.4, 0.5) is 11.8 Å². The van der Waals surface area contributed by atoms with E-state index in [0.29, 0.717) is 6.54 Å². The summed E-state index contributed by atoms with van der Waals surface area (Å²) in [6, 6.07) is 3.97. The monoisotopic (exact) mass is 317 g/mol. The molecule has 2 aromatic heterocycles. The molecule has 6 nitrogen and oxygen atoms in total. The second-order valence-corrected chi connectivity index (χ2v) is 6.42. The summed E-state index contributed by atoms with van der Waals surface area (Å²) in [7, 11) is 0. The number of piperidine rings is 1. The lowest BCUT2D eigenvalue weighted by atomic mass is 10.1. The summed E-state index contributed by atoms with van der Waals surface area (Å²) in [6.45, 7) is 3.43. The van der Waals surface area contributed by atoms with E-state index in [9.17, 15) is 4.79 Å². The highest BCUT2D eigenvalue weighted by molar-refractivity contribution is 7.12. The summed E-state index contributed by atoms with van der Waals surface area (Å²) in [5.74, 6) is 1.12. The van der Waals surface area contributed by atoms with Crippen molar-refractivity contribution < 1.29 is 4.79 Å². The number of rotatable bonds is 3. The van der Waals surface area contributed by atoms with Crippen LogP contribution in [0.3, 0.4) is 0 Å². The number of carbonyl (C=O) groups is 1. The number of carbonyl (C=O) groups excluding carboxylic acids is 1. The first-order chi connectivity index (χ1) is 10.6. The third kappa shape index (κ3) is 3.19. The highest BCUT2D eigenvalue weighted by atomic mass is 32.1. The van der Waals surface area contributed by atoms with Crippen LogP contribution in [-0.2, 0) is 0 Å². The van der Waals surface area contributed by atoms with E-state index in [4.69, 9.17) is 5.73 Å². The lowest BCUT2D eigenvalue weighted by Gasteiger charge is -2.33. The molecule has 0 spiro atoms. The SMILES string of the molecule is Cc1cnc(N)nc1N[C@@H]1CCCN(C(=O)c2cccs2)C1. The lowest BCUT2D eigenvalue weighted by Crippen LogP contribution is -2.45. The quantitative estimate of drug-likeness (QED) is 0.906. The molecular formula is C15H19N5OS. The smallest absolute Gasteiger partial charge is 0.263 e. The van der Waals surface area contributed by atoms with Gasteiger partial charge in [-0.2, -0.15) is 4.98 Å². The molecule has 0 aromatic carbocycles. The van der Waals surface area contributed by atoms with Crippen LogP contribution in [0.15, 0.2) is 23.7 Å². The summed E-state index contributed by atoms with van der Waals surface area (Å²) < 4.78 is 0. The van der Waals surface area contributed by atoms with Gasteiger partial charge in [0.05, 0.1) is 4.88 Å². The van der Waals surface area contributed by atoms with Gasteiger partial charge in [-0.15, -0.1) is 11.3 Å². The van der Waals surface area contributed by atoms with Gasteiger partial charge in [0, 0.05) is 30.9 Å². The van der Waals surface area contributed by atoms with E-state index in [0.717, 1.165) is 35.6 Å². The van der Waals surface area contributed by atoms with Gasteiger partial charge in [-0.05, 0) is 31.2 Å². The molecule has 1 saturated heterocycles. The first kappa shape index (κ1) is 14.8. The van der Waals surface area contributed by atoms with Crippen LogP contribution in [0.1, 0.15) is 28.1 Å². The van der Waals surface area contributed by atoms with Gasteiger partial charge in [0.15, 0.2) is 0 Å². The van der Waals surface area contributed by atoms with E-state index in [1.54, 1.807) is 6.20 Å². The minimum atomic E-state index is 0.112. The van der Waals surface area contributed by atoms with Crippen molar-refractivity contribution in [3.63, 3.8) is 0 Å². The zero-order valence-electron chi connectivity index (χ0n) is 12.5. The summed E-state index contributed by atoms with van der Waals surface area (Å²) in [5, 5.41) is 5.33. The fourth-order valence-electron chi connectivity index (χ4n) is 2.63. The molecule has 22 heavy (non-hydrogen) atoms. The summed E-state index contributed by atoms with van der Waals surface area (Å²) in [6.07, 6.45) is 3.70. The number of aromatic nitrogens is 2. The molecule has 116 valence electrons. The largest absolute Gasteiger partial charge is 0.368 e. The zero-order chi connectivity index (χ0) is 15.5. The summed E-state index contributed by atoms with van der Waals surface area (Å²) >= 11 is 1.49. The summed E-state index contributed by atoms with van der Waals surface area (Å²) in [5.41, 5.74) is 6.60. The topological polar surface area (TPSA) is 84.1 Å². The molecule has 3 N–H and O–H groups in total. The summed E-state index contributed by atoms with van der Waals surface area (Å²) in [4.78, 5) is 23.4. The van der Waals surface area contributed by atoms with Crippen molar-refractivity contribution in [2.24, 2.45) is 0 Å². The Labute approximate surface area is 133 Å². The highest BCUT2D eigenvalue weighted by Crippen LogP contribution is 2.20. The number of hydrogen-bond donors (Lipinski definition) is 2. The Morgan fingerprint density at radius 3 is 3.18 bits per heavy atom. The number of nitrogen functional groups attached to an aromatic ring is 1. The molecule has 0 radical (unpaired) electrons. The van der Waals surface area contributed by atoms with Crippen LogP contribution < -0.4 is 11.1 Å². The van der Waals surface area contributed by atoms with E-state index in [-0.39, 0.29) is 17.9 Å². The van der Waals surface area contributed by atoms with Crippen LogP contribution in [0, 0.1) is 6.92 Å². The van der Waals surface area contributed by atoms with Crippen molar-refractivity contribution in [1.82, 2.24) is 14.9 Å². The minimum Gasteiger partial charge on any atom is -0.368 e. The molecule has 1 aliphatic rings. The Morgan fingerprint density at radius 1 is 1.55 bits per heavy atom. The van der Waals surface area contributed by atoms with Crippen LogP contribution in [0.25, 0.3) is 0 Å². The Kier molecular flexibility index (Phi) is 4.24. The number of hydrogen-bond acceptors (Lipinski definition) is 6. The molecular weight excluding hydrogens is 298 g/mol. The molecule has 1 atom stereocenters. The van der Waals surface area contributed by atoms with Crippen LogP contribution in [0.5, 0.6) is 0 Å². The van der Waals surface area contributed by atoms with Crippen molar-refractivity contribution in [1.29, 1.82) is 0 Å². The van der Waals surface area contributed by atoms with Crippen molar-refractivity contribution in [3.8, 4) is 0 Å². The van der Waals surface area contributed by atoms with Gasteiger partial charge >= 0.3 is 0 Å². The van der Waals surface area contributed by atoms with E-state index in [2.05, 4.69) is 15.3 Å². The van der Waals surface area contributed by atoms with Gasteiger partial charge in [-0.25, -0.2) is 4.98 Å². The van der Waals surface area contributed by atoms with E-state index in [1.807, 2.05) is 29.3 Å². The molecule has 1 fully saturated rings. The Balaban J connectivity index is 1.68. The minimum absolute atomic E-state index is 0.112. The molecule has 0 bridgehead atoms. The standard InChI is InChI=1S/C15H19N5OS/c1-10-8-17-15(16)19-13(10)18-11-4-2-6-20(9-11)14(21)12-5-3-7-22-12/h3,5,7-8,11H,2,4,6,9H2,1H3,(H3,16,17,18,19)/t11-/m1/s1. The molecule has 3 rings (SSSR count). The van der Waals surface area contributed by atoms with Crippen molar-refractivity contribution >= 4 is 29.0 Å². The van der Waals surface area contributed by atoms with E-state index in [1.165, 1.54) is 11.3 Å². The van der Waals surface area contributed by atoms with Gasteiger partial charge in [0.25, 0.3) is 5.91 Å². The number of nitrogens with one attached hydrogen (secondary N) is 1. The molecule has 7 heteroatoms. The Bertz CT molecular complexity index is 658. The fourth-order valence-corrected chi connectivity index (χ4v) is 3.32. The molecule has 0 saturated carbocycles. The Morgan fingerprint density at radius 2 is 2.41 bits per heavy atom. The van der Waals surface area contributed by atoms with Crippen molar-refractivity contribution in [2.75, 3.05) is 24.1 Å². The number of likely N-dealkylation sites (tertiary alicyclic amines) is 1. The maximum Gasteiger partial charge on any atom is 0.263 e. The number of nitrogens with zero attached hydrogens (tertiary/aromatic N) is 3. The predicted octanol–water partition coefficient (Wildman–Crippen LogP) is 2.15. The van der Waals surface area contributed by atoms with Crippen LogP contribution in [0.2, 0.25) is 0 Å². The second-order valence-electron chi connectivity index (χ2n) is 5.47. The van der Waals surface area contributed by atoms with Gasteiger partial charge < -0.3 is 16.0 Å². The lowest BCUT2D eigenvalue weighted by molar-refractivity contribution is 0.0719. The van der Waals surface area contributed by atoms with Crippen molar-refractivity contribution in [3.05, 3.63) is 34.2 Å². The van der Waals surface area contributed by atoms with Gasteiger partial charge in [0.2, 0.25) is 5.95 Å². The van der Waals surface area contributed by atoms with Crippen molar-refractivity contribution in [2.45, 2.75) is 25.8 Å². The first-order valence-electron chi connectivity index (χ1n) is 7.32. The zero-order valence-corrected chi connectivity index (χ0v) is 13.3. The molecule has 1 aliphatic heterocycles. The number of thiophene rings is 1. The third-order valence-corrected chi connectivity index (χ3v) is 4.63. The van der Waals surface area contributed by atoms with Crippen LogP contribution >= 0.6 is 11.3 Å². The molecule has 0 aliphatic carbocycles. The van der Waals surface area contributed by atoms with E-state index < -0.39 is 0 Å². The average Bonchev–Trinajstić information content (AvgIpc) is 3.05. The predicted molar refractivity (Wildman–Crippen MR) is 88.0 cm³/mol. The normalized spacial score (nSPS) is 18.2. The molecule has 0 unspecified atom stereocenters. The maximum atomic E-state index is 12.4. The van der Waals surface area contributed by atoms with Crippen LogP contribution in [-0.4, -0.2) is 39.9 Å². The highest BCUT2D eigenvalue weighted by Gasteiger charge is 2.25. The second kappa shape index (κ2) is 6.31. The number of nitrogens with two attached hydrogens (primary N) is 1. The first-order valence-corrected chi connectivity index (χ1v) is 8.20. The molecule has 1 amide bonds. The fraction of sp³-hybridized carbons (Fsp3) is 0.400. The third-order valence-electron chi connectivity index (χ3n) is 3.77. The number of aryl methyl sites for hydroxylation is 1. The van der Waals surface area contributed by atoms with Gasteiger partial charge in [0.1, 0.15) is 5.82 Å². The number of anilines is 2. The van der Waals surface area contributed by atoms with E-state index >= 15 is 0 Å². The maximum absolute atomic E-state index is 12.4. The van der Waals surface area contributed by atoms with Gasteiger partial charge in [-0.3, -0.25) is 4.79 Å².